The van der Waals surface area contributed by atoms with E-state index in [1.807, 2.05) is 32.0 Å². The zero-order valence-corrected chi connectivity index (χ0v) is 11.8. The molecule has 0 spiro atoms. The fraction of sp³-hybridized carbons (Fsp3) is 0.176. The van der Waals surface area contributed by atoms with Crippen LogP contribution < -0.4 is 5.32 Å². The molecule has 1 N–H and O–H groups in total. The summed E-state index contributed by atoms with van der Waals surface area (Å²) in [7, 11) is 0. The summed E-state index contributed by atoms with van der Waals surface area (Å²) in [6.45, 7) is 7.59. The summed E-state index contributed by atoms with van der Waals surface area (Å²) < 4.78 is 0. The predicted octanol–water partition coefficient (Wildman–Crippen LogP) is 3.79. The van der Waals surface area contributed by atoms with Crippen LogP contribution in [0.15, 0.2) is 41.4 Å². The van der Waals surface area contributed by atoms with Gasteiger partial charge in [0.05, 0.1) is 5.69 Å². The maximum absolute atomic E-state index is 10.5. The van der Waals surface area contributed by atoms with Crippen molar-refractivity contribution in [3.05, 3.63) is 58.7 Å². The number of nitrogens with one attached hydrogen (secondary N) is 1. The molecule has 0 aliphatic heterocycles. The highest BCUT2D eigenvalue weighted by Crippen LogP contribution is 2.22. The normalized spacial score (nSPS) is 10.1. The minimum atomic E-state index is 0.701. The minimum Gasteiger partial charge on any atom is -0.328 e. The Hall–Kier alpha value is -2.42. The molecule has 2 aromatic rings. The lowest BCUT2D eigenvalue weighted by molar-refractivity contribution is -0.105. The van der Waals surface area contributed by atoms with Gasteiger partial charge in [-0.25, -0.2) is 0 Å². The lowest BCUT2D eigenvalue weighted by Gasteiger charge is -2.09. The molecule has 0 aromatic heterocycles. The van der Waals surface area contributed by atoms with Crippen molar-refractivity contribution in [2.24, 2.45) is 4.99 Å². The molecule has 3 nitrogen and oxygen atoms in total. The molecule has 102 valence electrons. The first-order valence-corrected chi connectivity index (χ1v) is 6.50. The standard InChI is InChI=1S/C17H18N2O/c1-12-8-14(4-6-16(12)18-3)10-15-5-7-17(19-11-20)13(2)9-15/h4-9,11H,3,10H2,1-2H3,(H,19,20). The number of carbonyl (C=O) groups is 1. The maximum Gasteiger partial charge on any atom is 0.211 e. The zero-order chi connectivity index (χ0) is 14.5. The highest BCUT2D eigenvalue weighted by Gasteiger charge is 2.03. The van der Waals surface area contributed by atoms with Crippen LogP contribution >= 0.6 is 0 Å². The molecule has 0 atom stereocenters. The topological polar surface area (TPSA) is 41.5 Å². The van der Waals surface area contributed by atoms with Gasteiger partial charge in [-0.3, -0.25) is 9.79 Å². The van der Waals surface area contributed by atoms with Gasteiger partial charge in [-0.2, -0.15) is 0 Å². The van der Waals surface area contributed by atoms with Gasteiger partial charge < -0.3 is 5.32 Å². The van der Waals surface area contributed by atoms with Crippen LogP contribution in [0.1, 0.15) is 22.3 Å². The summed E-state index contributed by atoms with van der Waals surface area (Å²) in [5.74, 6) is 0. The Bertz CT molecular complexity index is 647. The van der Waals surface area contributed by atoms with Crippen molar-refractivity contribution >= 4 is 24.5 Å². The van der Waals surface area contributed by atoms with Crippen LogP contribution in [-0.4, -0.2) is 13.1 Å². The van der Waals surface area contributed by atoms with E-state index in [2.05, 4.69) is 35.2 Å². The second-order valence-corrected chi connectivity index (χ2v) is 4.87. The minimum absolute atomic E-state index is 0.701. The van der Waals surface area contributed by atoms with Crippen LogP contribution in [0, 0.1) is 13.8 Å². The Kier molecular flexibility index (Phi) is 4.31. The molecule has 0 aliphatic carbocycles. The number of carbonyl (C=O) groups excluding carboxylic acids is 1. The first-order valence-electron chi connectivity index (χ1n) is 6.50. The van der Waals surface area contributed by atoms with Crippen molar-refractivity contribution in [3.63, 3.8) is 0 Å². The van der Waals surface area contributed by atoms with Gasteiger partial charge in [0.2, 0.25) is 6.41 Å². The van der Waals surface area contributed by atoms with Crippen molar-refractivity contribution < 1.29 is 4.79 Å². The van der Waals surface area contributed by atoms with Crippen molar-refractivity contribution in [1.82, 2.24) is 0 Å². The van der Waals surface area contributed by atoms with Gasteiger partial charge in [0.25, 0.3) is 0 Å². The summed E-state index contributed by atoms with van der Waals surface area (Å²) >= 11 is 0. The zero-order valence-electron chi connectivity index (χ0n) is 11.8. The SMILES string of the molecule is C=Nc1ccc(Cc2ccc(NC=O)c(C)c2)cc1C. The number of rotatable bonds is 5. The second-order valence-electron chi connectivity index (χ2n) is 4.87. The highest BCUT2D eigenvalue weighted by atomic mass is 16.1. The average molecular weight is 266 g/mol. The molecule has 0 unspecified atom stereocenters. The van der Waals surface area contributed by atoms with Crippen molar-refractivity contribution in [1.29, 1.82) is 0 Å². The van der Waals surface area contributed by atoms with Crippen molar-refractivity contribution in [2.45, 2.75) is 20.3 Å². The summed E-state index contributed by atoms with van der Waals surface area (Å²) in [6.07, 6.45) is 1.56. The molecule has 1 amide bonds. The van der Waals surface area contributed by atoms with Crippen LogP contribution in [0.25, 0.3) is 0 Å². The van der Waals surface area contributed by atoms with Gasteiger partial charge in [-0.05, 0) is 61.4 Å². The van der Waals surface area contributed by atoms with E-state index in [4.69, 9.17) is 0 Å². The van der Waals surface area contributed by atoms with E-state index in [0.29, 0.717) is 6.41 Å². The molecule has 2 aromatic carbocycles. The van der Waals surface area contributed by atoms with Crippen LogP contribution in [-0.2, 0) is 11.2 Å². The second kappa shape index (κ2) is 6.15. The van der Waals surface area contributed by atoms with Crippen LogP contribution in [0.3, 0.4) is 0 Å². The first kappa shape index (κ1) is 14.0. The van der Waals surface area contributed by atoms with Gasteiger partial charge in [0, 0.05) is 5.69 Å². The molecule has 3 heteroatoms. The number of hydrogen-bond acceptors (Lipinski definition) is 2. The smallest absolute Gasteiger partial charge is 0.211 e. The van der Waals surface area contributed by atoms with Gasteiger partial charge >= 0.3 is 0 Å². The first-order chi connectivity index (χ1) is 9.63. The molecule has 0 aliphatic rings. The van der Waals surface area contributed by atoms with Gasteiger partial charge in [0.1, 0.15) is 0 Å². The third-order valence-electron chi connectivity index (χ3n) is 3.35. The summed E-state index contributed by atoms with van der Waals surface area (Å²) in [6, 6.07) is 12.3. The van der Waals surface area contributed by atoms with Gasteiger partial charge in [-0.1, -0.05) is 24.3 Å². The van der Waals surface area contributed by atoms with Crippen molar-refractivity contribution in [3.8, 4) is 0 Å². The number of aliphatic imine (C=N–C) groups is 1. The van der Waals surface area contributed by atoms with Crippen LogP contribution in [0.2, 0.25) is 0 Å². The summed E-state index contributed by atoms with van der Waals surface area (Å²) in [4.78, 5) is 14.4. The Morgan fingerprint density at radius 3 is 2.30 bits per heavy atom. The quantitative estimate of drug-likeness (QED) is 0.649. The monoisotopic (exact) mass is 266 g/mol. The number of benzene rings is 2. The average Bonchev–Trinajstić information content (AvgIpc) is 2.42. The van der Waals surface area contributed by atoms with E-state index in [1.54, 1.807) is 0 Å². The molecule has 0 radical (unpaired) electrons. The molecule has 0 heterocycles. The van der Waals surface area contributed by atoms with Gasteiger partial charge in [0.15, 0.2) is 0 Å². The summed E-state index contributed by atoms with van der Waals surface area (Å²) in [5, 5.41) is 2.69. The molecule has 20 heavy (non-hydrogen) atoms. The lowest BCUT2D eigenvalue weighted by Crippen LogP contribution is -1.97. The fourth-order valence-electron chi connectivity index (χ4n) is 2.30. The van der Waals surface area contributed by atoms with E-state index >= 15 is 0 Å². The number of nitrogens with zero attached hydrogens (tertiary/aromatic N) is 1. The third-order valence-corrected chi connectivity index (χ3v) is 3.35. The van der Waals surface area contributed by atoms with Crippen LogP contribution in [0.4, 0.5) is 11.4 Å². The number of amides is 1. The van der Waals surface area contributed by atoms with Crippen molar-refractivity contribution in [2.75, 3.05) is 5.32 Å². The van der Waals surface area contributed by atoms with E-state index < -0.39 is 0 Å². The molecule has 0 saturated carbocycles. The van der Waals surface area contributed by atoms with Gasteiger partial charge in [-0.15, -0.1) is 0 Å². The molecular weight excluding hydrogens is 248 g/mol. The Morgan fingerprint density at radius 1 is 1.10 bits per heavy atom. The fourth-order valence-corrected chi connectivity index (χ4v) is 2.30. The van der Waals surface area contributed by atoms with E-state index in [0.717, 1.165) is 28.9 Å². The lowest BCUT2D eigenvalue weighted by atomic mass is 10.0. The Labute approximate surface area is 119 Å². The molecular formula is C17H18N2O. The molecule has 0 bridgehead atoms. The third kappa shape index (κ3) is 3.12. The number of aryl methyl sites for hydroxylation is 2. The number of anilines is 1. The van der Waals surface area contributed by atoms with E-state index in [9.17, 15) is 4.79 Å². The maximum atomic E-state index is 10.5. The highest BCUT2D eigenvalue weighted by molar-refractivity contribution is 5.73. The predicted molar refractivity (Wildman–Crippen MR) is 84.1 cm³/mol. The molecule has 0 fully saturated rings. The Balaban J connectivity index is 2.21. The summed E-state index contributed by atoms with van der Waals surface area (Å²) in [5.41, 5.74) is 6.44. The Morgan fingerprint density at radius 2 is 1.75 bits per heavy atom. The van der Waals surface area contributed by atoms with Crippen LogP contribution in [0.5, 0.6) is 0 Å². The number of hydrogen-bond donors (Lipinski definition) is 1. The van der Waals surface area contributed by atoms with E-state index in [1.165, 1.54) is 11.1 Å². The largest absolute Gasteiger partial charge is 0.328 e. The molecule has 0 saturated heterocycles. The van der Waals surface area contributed by atoms with E-state index in [-0.39, 0.29) is 0 Å². The molecule has 2 rings (SSSR count).